The molecule has 2 amide bonds. The van der Waals surface area contributed by atoms with Gasteiger partial charge in [0.1, 0.15) is 29.8 Å². The number of hydrogen-bond donors (Lipinski definition) is 3. The molecule has 2 aromatic heterocycles. The number of para-hydroxylation sites is 2. The monoisotopic (exact) mass is 705 g/mol. The van der Waals surface area contributed by atoms with E-state index in [1.807, 2.05) is 24.5 Å². The first kappa shape index (κ1) is 32.7. The maximum Gasteiger partial charge on any atom is 0.249 e. The summed E-state index contributed by atoms with van der Waals surface area (Å²) in [6.07, 6.45) is 9.09. The Labute approximate surface area is 301 Å². The summed E-state index contributed by atoms with van der Waals surface area (Å²) in [4.78, 5) is 31.8. The number of aromatic nitrogens is 4. The number of amides is 2. The van der Waals surface area contributed by atoms with E-state index in [1.165, 1.54) is 5.56 Å². The van der Waals surface area contributed by atoms with E-state index >= 15 is 0 Å². The number of nitrogens with one attached hydrogen (secondary N) is 1. The van der Waals surface area contributed by atoms with Crippen molar-refractivity contribution in [2.75, 3.05) is 55.0 Å². The largest absolute Gasteiger partial charge is 0.507 e. The van der Waals surface area contributed by atoms with Crippen LogP contribution in [0.4, 0.5) is 17.2 Å². The summed E-state index contributed by atoms with van der Waals surface area (Å²) >= 11 is 0. The fourth-order valence-corrected chi connectivity index (χ4v) is 9.10. The van der Waals surface area contributed by atoms with E-state index in [1.54, 1.807) is 28.9 Å². The van der Waals surface area contributed by atoms with E-state index in [2.05, 4.69) is 47.4 Å². The normalized spacial score (nSPS) is 26.4. The van der Waals surface area contributed by atoms with Crippen molar-refractivity contribution in [3.8, 4) is 28.4 Å². The average molecular weight is 706 g/mol. The summed E-state index contributed by atoms with van der Waals surface area (Å²) in [5.41, 5.74) is 11.2. The maximum atomic E-state index is 12.8. The van der Waals surface area contributed by atoms with Crippen molar-refractivity contribution in [3.63, 3.8) is 0 Å². The molecule has 1 aliphatic carbocycles. The summed E-state index contributed by atoms with van der Waals surface area (Å²) < 4.78 is 14.2. The maximum absolute atomic E-state index is 12.8. The molecule has 52 heavy (non-hydrogen) atoms. The SMILES string of the molecule is Nc1nnc(-c2ccccc2O)cc1-n1cc(N2C[C@@H]3COC[C@@H](C2)N3C2CCC(c3cccc4c3OCCN4C3CCC(=O)NC3=O)CC2)cn1. The Balaban J connectivity index is 0.875. The van der Waals surface area contributed by atoms with Crippen LogP contribution in [0, 0.1) is 0 Å². The molecule has 0 radical (unpaired) electrons. The van der Waals surface area contributed by atoms with E-state index in [0.717, 1.165) is 55.9 Å². The van der Waals surface area contributed by atoms with Crippen molar-refractivity contribution in [2.45, 2.75) is 68.6 Å². The smallest absolute Gasteiger partial charge is 0.249 e. The number of ether oxygens (including phenoxy) is 2. The Morgan fingerprint density at radius 2 is 1.71 bits per heavy atom. The molecule has 9 rings (SSSR count). The van der Waals surface area contributed by atoms with Gasteiger partial charge in [0.05, 0.1) is 61.3 Å². The molecule has 5 aliphatic rings. The van der Waals surface area contributed by atoms with Gasteiger partial charge in [0.2, 0.25) is 11.8 Å². The Morgan fingerprint density at radius 3 is 2.50 bits per heavy atom. The Morgan fingerprint density at radius 1 is 0.904 bits per heavy atom. The van der Waals surface area contributed by atoms with E-state index in [0.29, 0.717) is 68.1 Å². The summed E-state index contributed by atoms with van der Waals surface area (Å²) in [6, 6.07) is 15.8. The standard InChI is InChI=1S/C38H43N9O5/c39-37-33(16-30(42-43-37)29-4-1-2-7-34(29)48)46-20-25(17-40-46)44-18-26-21-51-22-27(19-44)47(26)24-10-8-23(9-11-24)28-5-3-6-31-36(28)52-15-14-45(31)32-12-13-35(49)41-38(32)50/h1-7,16-17,20,23-24,26-27,32,48H,8-15,18-19,21-22H2,(H2,39,43)(H,41,49,50)/t23?,24?,26-,27-,32?/m1/s1. The quantitative estimate of drug-likeness (QED) is 0.252. The second-order valence-electron chi connectivity index (χ2n) is 14.6. The fourth-order valence-electron chi connectivity index (χ4n) is 9.10. The molecule has 1 saturated carbocycles. The molecule has 6 heterocycles. The summed E-state index contributed by atoms with van der Waals surface area (Å²) in [5.74, 6) is 1.26. The van der Waals surface area contributed by atoms with E-state index in [-0.39, 0.29) is 41.5 Å². The first-order valence-corrected chi connectivity index (χ1v) is 18.3. The van der Waals surface area contributed by atoms with Gasteiger partial charge < -0.3 is 30.1 Å². The number of benzene rings is 2. The number of imide groups is 1. The minimum Gasteiger partial charge on any atom is -0.507 e. The van der Waals surface area contributed by atoms with Gasteiger partial charge in [-0.1, -0.05) is 24.3 Å². The first-order chi connectivity index (χ1) is 25.4. The molecule has 270 valence electrons. The van der Waals surface area contributed by atoms with Crippen LogP contribution in [0.2, 0.25) is 0 Å². The van der Waals surface area contributed by atoms with Crippen molar-refractivity contribution in [3.05, 3.63) is 66.5 Å². The molecule has 4 N–H and O–H groups in total. The molecule has 3 atom stereocenters. The summed E-state index contributed by atoms with van der Waals surface area (Å²) in [5, 5.41) is 25.9. The number of rotatable bonds is 6. The minimum atomic E-state index is -0.352. The van der Waals surface area contributed by atoms with Crippen molar-refractivity contribution < 1.29 is 24.2 Å². The van der Waals surface area contributed by atoms with Crippen LogP contribution in [-0.2, 0) is 14.3 Å². The number of morpholine rings is 1. The van der Waals surface area contributed by atoms with Crippen molar-refractivity contribution in [2.24, 2.45) is 0 Å². The number of nitrogens with two attached hydrogens (primary N) is 1. The lowest BCUT2D eigenvalue weighted by Gasteiger charge is -2.54. The number of aromatic hydroxyl groups is 1. The number of carbonyl (C=O) groups is 2. The predicted octanol–water partition coefficient (Wildman–Crippen LogP) is 3.24. The second kappa shape index (κ2) is 13.4. The van der Waals surface area contributed by atoms with Crippen molar-refractivity contribution in [1.29, 1.82) is 0 Å². The van der Waals surface area contributed by atoms with Crippen LogP contribution in [0.5, 0.6) is 11.5 Å². The van der Waals surface area contributed by atoms with Crippen LogP contribution in [0.1, 0.15) is 50.0 Å². The molecule has 4 fully saturated rings. The number of nitrogen functional groups attached to an aromatic ring is 1. The molecule has 2 bridgehead atoms. The molecule has 1 unspecified atom stereocenters. The van der Waals surface area contributed by atoms with Gasteiger partial charge in [-0.3, -0.25) is 19.8 Å². The van der Waals surface area contributed by atoms with Crippen LogP contribution in [0.25, 0.3) is 16.9 Å². The number of piperidine rings is 1. The number of carbonyl (C=O) groups excluding carboxylic acids is 2. The zero-order chi connectivity index (χ0) is 35.3. The summed E-state index contributed by atoms with van der Waals surface area (Å²) in [7, 11) is 0. The van der Waals surface area contributed by atoms with E-state index in [4.69, 9.17) is 15.2 Å². The number of phenolic OH excluding ortho intramolecular Hbond substituents is 1. The van der Waals surface area contributed by atoms with E-state index < -0.39 is 0 Å². The topological polar surface area (TPSA) is 164 Å². The summed E-state index contributed by atoms with van der Waals surface area (Å²) in [6.45, 7) is 4.22. The third kappa shape index (κ3) is 5.89. The van der Waals surface area contributed by atoms with Gasteiger partial charge in [-0.25, -0.2) is 4.68 Å². The molecule has 14 heteroatoms. The minimum absolute atomic E-state index is 0.125. The number of piperazine rings is 1. The van der Waals surface area contributed by atoms with Gasteiger partial charge in [0.15, 0.2) is 5.82 Å². The van der Waals surface area contributed by atoms with Gasteiger partial charge in [-0.05, 0) is 67.9 Å². The van der Waals surface area contributed by atoms with Crippen LogP contribution in [0.15, 0.2) is 60.9 Å². The van der Waals surface area contributed by atoms with Gasteiger partial charge in [0, 0.05) is 31.1 Å². The molecule has 3 saturated heterocycles. The van der Waals surface area contributed by atoms with Crippen molar-refractivity contribution in [1.82, 2.24) is 30.2 Å². The third-order valence-electron chi connectivity index (χ3n) is 11.5. The van der Waals surface area contributed by atoms with E-state index in [9.17, 15) is 14.7 Å². The molecule has 4 aromatic rings. The van der Waals surface area contributed by atoms with Crippen LogP contribution < -0.4 is 25.6 Å². The fraction of sp³-hybridized carbons (Fsp3) is 0.447. The van der Waals surface area contributed by atoms with Gasteiger partial charge >= 0.3 is 0 Å². The number of phenols is 1. The van der Waals surface area contributed by atoms with Crippen molar-refractivity contribution >= 4 is 29.0 Å². The lowest BCUT2D eigenvalue weighted by atomic mass is 9.79. The van der Waals surface area contributed by atoms with Crippen LogP contribution >= 0.6 is 0 Å². The lowest BCUT2D eigenvalue weighted by molar-refractivity contribution is -0.134. The highest BCUT2D eigenvalue weighted by molar-refractivity contribution is 6.02. The molecular weight excluding hydrogens is 662 g/mol. The number of anilines is 3. The zero-order valence-electron chi connectivity index (χ0n) is 28.9. The highest BCUT2D eigenvalue weighted by Gasteiger charge is 2.44. The highest BCUT2D eigenvalue weighted by Crippen LogP contribution is 2.46. The molecular formula is C38H43N9O5. The molecule has 0 spiro atoms. The van der Waals surface area contributed by atoms with Crippen LogP contribution in [-0.4, -0.2) is 105 Å². The number of nitrogens with zero attached hydrogens (tertiary/aromatic N) is 7. The third-order valence-corrected chi connectivity index (χ3v) is 11.5. The predicted molar refractivity (Wildman–Crippen MR) is 194 cm³/mol. The van der Waals surface area contributed by atoms with Crippen LogP contribution in [0.3, 0.4) is 0 Å². The lowest BCUT2D eigenvalue weighted by Crippen LogP contribution is -2.67. The average Bonchev–Trinajstić information content (AvgIpc) is 3.65. The highest BCUT2D eigenvalue weighted by atomic mass is 16.5. The molecule has 14 nitrogen and oxygen atoms in total. The second-order valence-corrected chi connectivity index (χ2v) is 14.6. The van der Waals surface area contributed by atoms with Gasteiger partial charge in [-0.15, -0.1) is 10.2 Å². The Kier molecular flexibility index (Phi) is 8.42. The zero-order valence-corrected chi connectivity index (χ0v) is 28.9. The molecule has 2 aromatic carbocycles. The first-order valence-electron chi connectivity index (χ1n) is 18.3. The number of fused-ring (bicyclic) bond motifs is 3. The Bertz CT molecular complexity index is 1980. The Hall–Kier alpha value is -5.21. The van der Waals surface area contributed by atoms with Gasteiger partial charge in [0.25, 0.3) is 0 Å². The molecule has 4 aliphatic heterocycles. The van der Waals surface area contributed by atoms with Gasteiger partial charge in [-0.2, -0.15) is 5.10 Å². The number of hydrogen-bond acceptors (Lipinski definition) is 12.